The van der Waals surface area contributed by atoms with Crippen molar-refractivity contribution in [1.29, 1.82) is 0 Å². The number of hydrazone groups is 1. The van der Waals surface area contributed by atoms with Crippen LogP contribution >= 0.6 is 0 Å². The van der Waals surface area contributed by atoms with E-state index in [4.69, 9.17) is 14.2 Å². The Morgan fingerprint density at radius 2 is 1.71 bits per heavy atom. The second-order valence-electron chi connectivity index (χ2n) is 13.2. The molecule has 12 nitrogen and oxygen atoms in total. The van der Waals surface area contributed by atoms with Crippen LogP contribution in [0.3, 0.4) is 0 Å². The molecule has 0 radical (unpaired) electrons. The summed E-state index contributed by atoms with van der Waals surface area (Å²) in [5, 5.41) is 12.7. The van der Waals surface area contributed by atoms with Gasteiger partial charge in [0.15, 0.2) is 6.40 Å². The number of nitrogens with zero attached hydrogens (tertiary/aromatic N) is 7. The zero-order chi connectivity index (χ0) is 35.4. The third-order valence-corrected chi connectivity index (χ3v) is 9.90. The second-order valence-corrected chi connectivity index (χ2v) is 13.2. The van der Waals surface area contributed by atoms with Gasteiger partial charge in [0.05, 0.1) is 25.8 Å². The predicted octanol–water partition coefficient (Wildman–Crippen LogP) is 5.87. The van der Waals surface area contributed by atoms with Crippen LogP contribution in [-0.4, -0.2) is 83.7 Å². The normalized spacial score (nSPS) is 23.3. The van der Waals surface area contributed by atoms with E-state index in [1.807, 2.05) is 50.2 Å². The van der Waals surface area contributed by atoms with Gasteiger partial charge in [-0.1, -0.05) is 13.0 Å². The number of ether oxygens (including phenoxy) is 3. The molecule has 2 fully saturated rings. The van der Waals surface area contributed by atoms with Crippen molar-refractivity contribution in [2.75, 3.05) is 54.5 Å². The molecule has 1 N–H and O–H groups in total. The molecule has 268 valence electrons. The van der Waals surface area contributed by atoms with Crippen LogP contribution in [0.15, 0.2) is 84.5 Å². The van der Waals surface area contributed by atoms with E-state index in [0.29, 0.717) is 30.9 Å². The van der Waals surface area contributed by atoms with E-state index in [1.54, 1.807) is 11.0 Å². The Balaban J connectivity index is 0.895. The summed E-state index contributed by atoms with van der Waals surface area (Å²) in [6.45, 7) is 8.38. The van der Waals surface area contributed by atoms with Gasteiger partial charge < -0.3 is 29.3 Å². The molecule has 1 aromatic heterocycles. The first-order valence-electron chi connectivity index (χ1n) is 17.3. The van der Waals surface area contributed by atoms with E-state index in [-0.39, 0.29) is 30.6 Å². The van der Waals surface area contributed by atoms with Gasteiger partial charge in [0.25, 0.3) is 0 Å². The van der Waals surface area contributed by atoms with E-state index < -0.39 is 17.2 Å². The molecule has 0 spiro atoms. The Hall–Kier alpha value is -5.24. The molecule has 7 rings (SSSR count). The largest absolute Gasteiger partial charge is 0.493 e. The number of anilines is 3. The van der Waals surface area contributed by atoms with Crippen molar-refractivity contribution in [2.45, 2.75) is 51.0 Å². The van der Waals surface area contributed by atoms with Crippen LogP contribution in [0.5, 0.6) is 5.75 Å². The van der Waals surface area contributed by atoms with Crippen molar-refractivity contribution in [2.24, 2.45) is 11.0 Å². The lowest BCUT2D eigenvalue weighted by atomic mass is 9.87. The fourth-order valence-corrected chi connectivity index (χ4v) is 7.17. The maximum Gasteiger partial charge on any atom is 0.342 e. The second kappa shape index (κ2) is 14.9. The molecule has 3 aliphatic heterocycles. The highest BCUT2D eigenvalue weighted by atomic mass is 19.1. The van der Waals surface area contributed by atoms with E-state index in [1.165, 1.54) is 29.9 Å². The molecule has 4 atom stereocenters. The first-order chi connectivity index (χ1) is 24.8. The molecule has 51 heavy (non-hydrogen) atoms. The first-order valence-corrected chi connectivity index (χ1v) is 17.3. The topological polar surface area (TPSA) is 110 Å². The van der Waals surface area contributed by atoms with E-state index >= 15 is 0 Å². The molecule has 3 aromatic carbocycles. The fourth-order valence-electron chi connectivity index (χ4n) is 7.17. The summed E-state index contributed by atoms with van der Waals surface area (Å²) in [6, 6.07) is 19.2. The number of carbonyl (C=O) groups excluding carboxylic acids is 1. The Bertz CT molecular complexity index is 1800. The van der Waals surface area contributed by atoms with Gasteiger partial charge in [0, 0.05) is 60.8 Å². The van der Waals surface area contributed by atoms with E-state index in [9.17, 15) is 13.6 Å². The summed E-state index contributed by atoms with van der Waals surface area (Å²) < 4.78 is 48.2. The van der Waals surface area contributed by atoms with E-state index in [0.717, 1.165) is 55.8 Å². The summed E-state index contributed by atoms with van der Waals surface area (Å²) in [6.07, 6.45) is 5.41. The smallest absolute Gasteiger partial charge is 0.342 e. The molecule has 2 saturated heterocycles. The molecule has 0 bridgehead atoms. The highest BCUT2D eigenvalue weighted by molar-refractivity contribution is 5.90. The monoisotopic (exact) mass is 700 g/mol. The van der Waals surface area contributed by atoms with Gasteiger partial charge in [-0.15, -0.1) is 5.10 Å². The molecule has 14 heteroatoms. The highest BCUT2D eigenvalue weighted by Crippen LogP contribution is 2.42. The molecule has 4 aromatic rings. The van der Waals surface area contributed by atoms with E-state index in [2.05, 4.69) is 42.4 Å². The molecular weight excluding hydrogens is 658 g/mol. The minimum absolute atomic E-state index is 0.00720. The zero-order valence-electron chi connectivity index (χ0n) is 28.7. The number of benzene rings is 3. The van der Waals surface area contributed by atoms with Crippen LogP contribution in [0.1, 0.15) is 32.3 Å². The number of hydrogen-bond donors (Lipinski definition) is 1. The maximum atomic E-state index is 15.0. The number of amides is 2. The number of rotatable bonds is 10. The summed E-state index contributed by atoms with van der Waals surface area (Å²) in [5.74, 6) is -0.546. The number of piperazine rings is 1. The van der Waals surface area contributed by atoms with Crippen molar-refractivity contribution >= 4 is 29.5 Å². The van der Waals surface area contributed by atoms with Crippen molar-refractivity contribution in [3.63, 3.8) is 0 Å². The minimum atomic E-state index is -1.01. The zero-order valence-corrected chi connectivity index (χ0v) is 28.7. The Kier molecular flexibility index (Phi) is 10.0. The number of urea groups is 1. The lowest BCUT2D eigenvalue weighted by Gasteiger charge is -2.37. The van der Waals surface area contributed by atoms with Gasteiger partial charge in [-0.2, -0.15) is 5.10 Å². The van der Waals surface area contributed by atoms with Gasteiger partial charge in [0.2, 0.25) is 0 Å². The first kappa shape index (κ1) is 34.2. The van der Waals surface area contributed by atoms with Crippen LogP contribution < -0.4 is 19.9 Å². The van der Waals surface area contributed by atoms with Crippen molar-refractivity contribution < 1.29 is 27.8 Å². The van der Waals surface area contributed by atoms with Gasteiger partial charge >= 0.3 is 6.03 Å². The van der Waals surface area contributed by atoms with Crippen molar-refractivity contribution in [3.05, 3.63) is 96.6 Å². The van der Waals surface area contributed by atoms with Crippen molar-refractivity contribution in [1.82, 2.24) is 19.8 Å². The minimum Gasteiger partial charge on any atom is -0.493 e. The van der Waals surface area contributed by atoms with Crippen molar-refractivity contribution in [3.8, 4) is 5.75 Å². The average molecular weight is 701 g/mol. The lowest BCUT2D eigenvalue weighted by molar-refractivity contribution is -0.0206. The van der Waals surface area contributed by atoms with Crippen LogP contribution in [0.2, 0.25) is 0 Å². The molecule has 4 heterocycles. The Morgan fingerprint density at radius 1 is 1.00 bits per heavy atom. The molecule has 0 saturated carbocycles. The Labute approximate surface area is 295 Å². The fraction of sp³-hybridized carbons (Fsp3) is 0.405. The standard InChI is InChI=1S/C37H42F2N8O4/c1-3-35-26(2)50-25-42-47(35)36(48)43-29-5-7-30(8-6-29)44-14-16-45(17-15-44)31-9-11-32(12-10-31)49-20-27-19-37(51-21-27,22-46-24-40-23-41-46)33-13-4-28(38)18-34(33)39/h4-13,18,23-27,35H,3,14-17,19-22H2,1-2H3,(H,43,48)/t26?,27-,35+,37+/m1/s1. The lowest BCUT2D eigenvalue weighted by Crippen LogP contribution is -2.48. The third kappa shape index (κ3) is 7.60. The van der Waals surface area contributed by atoms with Gasteiger partial charge in [-0.05, 0) is 74.4 Å². The Morgan fingerprint density at radius 3 is 2.35 bits per heavy atom. The molecular formula is C37H42F2N8O4. The van der Waals surface area contributed by atoms with Crippen LogP contribution in [-0.2, 0) is 21.6 Å². The number of hydrogen-bond acceptors (Lipinski definition) is 9. The number of nitrogens with one attached hydrogen (secondary N) is 1. The molecule has 0 aliphatic carbocycles. The van der Waals surface area contributed by atoms with Gasteiger partial charge in [-0.3, -0.25) is 0 Å². The molecule has 3 aliphatic rings. The van der Waals surface area contributed by atoms with Crippen LogP contribution in [0.25, 0.3) is 0 Å². The van der Waals surface area contributed by atoms with Crippen LogP contribution in [0, 0.1) is 17.6 Å². The maximum absolute atomic E-state index is 15.0. The SMILES string of the molecule is CC[C@H]1C(C)OC=NN1C(=O)Nc1ccc(N2CCN(c3ccc(OC[C@@H]4CO[C@@](Cn5cncn5)(c5ccc(F)cc5F)C4)cc3)CC2)cc1. The summed E-state index contributed by atoms with van der Waals surface area (Å²) in [5.41, 5.74) is 2.21. The van der Waals surface area contributed by atoms with Crippen LogP contribution in [0.4, 0.5) is 30.6 Å². The molecule has 1 unspecified atom stereocenters. The number of aromatic nitrogens is 3. The predicted molar refractivity (Wildman–Crippen MR) is 189 cm³/mol. The average Bonchev–Trinajstić information content (AvgIpc) is 3.82. The quantitative estimate of drug-likeness (QED) is 0.219. The summed E-state index contributed by atoms with van der Waals surface area (Å²) in [7, 11) is 0. The van der Waals surface area contributed by atoms with Gasteiger partial charge in [-0.25, -0.2) is 28.3 Å². The molecule has 2 amide bonds. The third-order valence-electron chi connectivity index (χ3n) is 9.90. The number of halogens is 2. The summed E-state index contributed by atoms with van der Waals surface area (Å²) >= 11 is 0. The number of carbonyl (C=O) groups is 1. The van der Waals surface area contributed by atoms with Gasteiger partial charge in [0.1, 0.15) is 41.7 Å². The highest BCUT2D eigenvalue weighted by Gasteiger charge is 2.44. The summed E-state index contributed by atoms with van der Waals surface area (Å²) in [4.78, 5) is 21.6.